The van der Waals surface area contributed by atoms with E-state index >= 15 is 0 Å². The molecule has 2 unspecified atom stereocenters. The fraction of sp³-hybridized carbons (Fsp3) is 0.469. The lowest BCUT2D eigenvalue weighted by Gasteiger charge is -2.37. The van der Waals surface area contributed by atoms with Crippen LogP contribution in [0.2, 0.25) is 10.0 Å². The molecule has 2 aromatic carbocycles. The van der Waals surface area contributed by atoms with E-state index in [2.05, 4.69) is 78.3 Å². The lowest BCUT2D eigenvalue weighted by molar-refractivity contribution is 0.159. The number of carbonyl (C=O) groups excluding carboxylic acids is 2. The second kappa shape index (κ2) is 25.3. The standard InChI is InChI=1S/C32H38ClN5O.C31H36ClN5O.CH4/c1-22-34-15-19-37(22)16-13-24-20-25-6-5-14-35-31(25)30(28-10-9-26(33)21-29(24)28)23-11-17-38(18-12-23)32(39)36-27-7-3-2-4-8-27;1-21-33-14-17-37(21)20-24-18-23-6-5-13-34-30(23)29(27-10-9-25(32)19-28(24)27)22-11-15-36(16-12-22)31(38)35-26-7-3-2-4-8-26;/h5-6,9-10,14-15,19-21,23,27,30H,2-4,7-8,11-13,16-18H2,1H3,(H,36,39);5-6,9-10,13-14,17-19,22,26,29H,2-4,7-8,11-12,15-16,20H2,1H3,(H,35,38);1H4. The number of hydrogen-bond acceptors (Lipinski definition) is 6. The number of halogens is 2. The normalized spacial score (nSPS) is 19.9. The molecule has 4 amide bonds. The summed E-state index contributed by atoms with van der Waals surface area (Å²) < 4.78 is 4.38. The lowest BCUT2D eigenvalue weighted by atomic mass is 9.76. The van der Waals surface area contributed by atoms with Gasteiger partial charge in [0.05, 0.1) is 11.4 Å². The zero-order valence-electron chi connectivity index (χ0n) is 44.9. The van der Waals surface area contributed by atoms with Crippen molar-refractivity contribution in [2.75, 3.05) is 26.2 Å². The minimum absolute atomic E-state index is 0. The maximum absolute atomic E-state index is 13.0. The van der Waals surface area contributed by atoms with Gasteiger partial charge in [0.1, 0.15) is 11.6 Å². The van der Waals surface area contributed by atoms with Crippen LogP contribution in [0.5, 0.6) is 0 Å². The Balaban J connectivity index is 0.000000174. The van der Waals surface area contributed by atoms with Gasteiger partial charge < -0.3 is 29.6 Å². The Kier molecular flexibility index (Phi) is 17.8. The predicted octanol–water partition coefficient (Wildman–Crippen LogP) is 14.4. The lowest BCUT2D eigenvalue weighted by Crippen LogP contribution is -2.48. The molecule has 6 aromatic rings. The van der Waals surface area contributed by atoms with Crippen LogP contribution in [-0.4, -0.2) is 89.2 Å². The number of benzene rings is 2. The second-order valence-electron chi connectivity index (χ2n) is 22.5. The Hall–Kier alpha value is -6.24. The summed E-state index contributed by atoms with van der Waals surface area (Å²) in [7, 11) is 0. The maximum Gasteiger partial charge on any atom is 0.317 e. The number of nitrogens with one attached hydrogen (secondary N) is 2. The van der Waals surface area contributed by atoms with Crippen molar-refractivity contribution in [3.05, 3.63) is 164 Å². The summed E-state index contributed by atoms with van der Waals surface area (Å²) in [6, 6.07) is 22.0. The van der Waals surface area contributed by atoms with Gasteiger partial charge in [-0.05, 0) is 177 Å². The van der Waals surface area contributed by atoms with Crippen LogP contribution in [-0.2, 0) is 13.1 Å². The maximum atomic E-state index is 13.0. The third-order valence-electron chi connectivity index (χ3n) is 17.7. The Morgan fingerprint density at radius 1 is 0.551 bits per heavy atom. The van der Waals surface area contributed by atoms with Crippen molar-refractivity contribution >= 4 is 58.6 Å². The Morgan fingerprint density at radius 2 is 1.00 bits per heavy atom. The van der Waals surface area contributed by atoms with E-state index in [1.54, 1.807) is 0 Å². The zero-order chi connectivity index (χ0) is 52.8. The first-order valence-corrected chi connectivity index (χ1v) is 29.4. The van der Waals surface area contributed by atoms with Crippen molar-refractivity contribution in [2.45, 2.75) is 155 Å². The highest BCUT2D eigenvalue weighted by molar-refractivity contribution is 6.31. The number of urea groups is 2. The Morgan fingerprint density at radius 3 is 1.46 bits per heavy atom. The Bertz CT molecular complexity index is 3100. The van der Waals surface area contributed by atoms with E-state index in [4.69, 9.17) is 33.2 Å². The van der Waals surface area contributed by atoms with Crippen LogP contribution >= 0.6 is 23.2 Å². The van der Waals surface area contributed by atoms with E-state index in [-0.39, 0.29) is 31.3 Å². The summed E-state index contributed by atoms with van der Waals surface area (Å²) >= 11 is 13.2. The molecule has 6 aliphatic rings. The molecule has 78 heavy (non-hydrogen) atoms. The largest absolute Gasteiger partial charge is 0.335 e. The highest BCUT2D eigenvalue weighted by atomic mass is 35.5. The first-order valence-electron chi connectivity index (χ1n) is 28.6. The second-order valence-corrected chi connectivity index (χ2v) is 23.3. The van der Waals surface area contributed by atoms with Gasteiger partial charge in [0, 0.05) is 110 Å². The molecule has 410 valence electrons. The molecular formula is C64H78Cl2N10O2. The summed E-state index contributed by atoms with van der Waals surface area (Å²) in [6.45, 7) is 8.78. The van der Waals surface area contributed by atoms with E-state index < -0.39 is 0 Å². The number of allylic oxidation sites excluding steroid dienone is 2. The third kappa shape index (κ3) is 12.5. The van der Waals surface area contributed by atoms with Crippen molar-refractivity contribution in [3.63, 3.8) is 0 Å². The van der Waals surface area contributed by atoms with Crippen LogP contribution < -0.4 is 10.6 Å². The third-order valence-corrected chi connectivity index (χ3v) is 18.1. The number of nitrogens with zero attached hydrogens (tertiary/aromatic N) is 8. The van der Waals surface area contributed by atoms with Crippen LogP contribution in [0.4, 0.5) is 9.59 Å². The smallest absolute Gasteiger partial charge is 0.317 e. The molecule has 0 radical (unpaired) electrons. The van der Waals surface area contributed by atoms with Gasteiger partial charge in [0.2, 0.25) is 0 Å². The summed E-state index contributed by atoms with van der Waals surface area (Å²) in [5.74, 6) is 3.13. The topological polar surface area (TPSA) is 126 Å². The molecule has 2 saturated heterocycles. The van der Waals surface area contributed by atoms with E-state index in [0.717, 1.165) is 136 Å². The fourth-order valence-electron chi connectivity index (χ4n) is 13.4. The molecule has 6 heterocycles. The van der Waals surface area contributed by atoms with Crippen molar-refractivity contribution < 1.29 is 9.59 Å². The van der Waals surface area contributed by atoms with Gasteiger partial charge >= 0.3 is 12.1 Å². The molecule has 0 bridgehead atoms. The quantitative estimate of drug-likeness (QED) is 0.149. The molecule has 14 heteroatoms. The van der Waals surface area contributed by atoms with E-state index in [9.17, 15) is 9.59 Å². The van der Waals surface area contributed by atoms with Crippen LogP contribution in [0.3, 0.4) is 0 Å². The van der Waals surface area contributed by atoms with Gasteiger partial charge in [0.25, 0.3) is 0 Å². The van der Waals surface area contributed by atoms with Crippen LogP contribution in [0.15, 0.2) is 97.8 Å². The first kappa shape index (κ1) is 55.1. The van der Waals surface area contributed by atoms with Crippen molar-refractivity contribution in [2.24, 2.45) is 11.8 Å². The number of imidazole rings is 2. The van der Waals surface area contributed by atoms with E-state index in [1.165, 1.54) is 77.5 Å². The average Bonchev–Trinajstić information content (AvgIpc) is 4.10. The van der Waals surface area contributed by atoms with Crippen molar-refractivity contribution in [1.29, 1.82) is 0 Å². The van der Waals surface area contributed by atoms with Gasteiger partial charge in [-0.3, -0.25) is 9.97 Å². The minimum atomic E-state index is 0. The fourth-order valence-corrected chi connectivity index (χ4v) is 13.8. The van der Waals surface area contributed by atoms with Crippen LogP contribution in [0, 0.1) is 25.7 Å². The molecule has 4 fully saturated rings. The minimum Gasteiger partial charge on any atom is -0.335 e. The summed E-state index contributed by atoms with van der Waals surface area (Å²) in [6.07, 6.45) is 32.9. The number of likely N-dealkylation sites (tertiary alicyclic amines) is 2. The van der Waals surface area contributed by atoms with Gasteiger partial charge in [-0.2, -0.15) is 0 Å². The van der Waals surface area contributed by atoms with Gasteiger partial charge in [-0.1, -0.05) is 93.4 Å². The predicted molar refractivity (Wildman–Crippen MR) is 315 cm³/mol. The van der Waals surface area contributed by atoms with Crippen LogP contribution in [0.25, 0.3) is 23.3 Å². The van der Waals surface area contributed by atoms with Gasteiger partial charge in [-0.25, -0.2) is 19.6 Å². The van der Waals surface area contributed by atoms with Crippen molar-refractivity contribution in [3.8, 4) is 0 Å². The van der Waals surface area contributed by atoms with E-state index in [1.807, 2.05) is 85.1 Å². The summed E-state index contributed by atoms with van der Waals surface area (Å²) in [4.78, 5) is 48.9. The van der Waals surface area contributed by atoms with E-state index in [0.29, 0.717) is 23.9 Å². The SMILES string of the molecule is C.Cc1nccn1CC1=Cc2cccnc2C(C2CCN(C(=O)NC3CCCCC3)CC2)c2ccc(Cl)cc21.Cc1nccn1CCC1=Cc2cccnc2C(C2CCN(C(=O)NC3CCCCC3)CC2)c2ccc(Cl)cc21. The highest BCUT2D eigenvalue weighted by Gasteiger charge is 2.38. The van der Waals surface area contributed by atoms with Crippen LogP contribution in [0.1, 0.15) is 172 Å². The Labute approximate surface area is 472 Å². The number of rotatable bonds is 9. The molecular weight excluding hydrogens is 1010 g/mol. The number of piperidine rings is 2. The number of carbonyl (C=O) groups is 2. The van der Waals surface area contributed by atoms with Crippen molar-refractivity contribution in [1.82, 2.24) is 49.5 Å². The number of aryl methyl sites for hydroxylation is 3. The number of amides is 4. The number of hydrogen-bond donors (Lipinski definition) is 2. The molecule has 12 rings (SSSR count). The highest BCUT2D eigenvalue weighted by Crippen LogP contribution is 2.47. The molecule has 2 aliphatic heterocycles. The summed E-state index contributed by atoms with van der Waals surface area (Å²) in [5, 5.41) is 8.11. The molecule has 2 saturated carbocycles. The first-order chi connectivity index (χ1) is 37.6. The molecule has 4 aliphatic carbocycles. The number of aromatic nitrogens is 6. The van der Waals surface area contributed by atoms with Gasteiger partial charge in [-0.15, -0.1) is 0 Å². The number of fused-ring (bicyclic) bond motifs is 4. The monoisotopic (exact) mass is 1090 g/mol. The zero-order valence-corrected chi connectivity index (χ0v) is 46.4. The average molecular weight is 1090 g/mol. The van der Waals surface area contributed by atoms with Gasteiger partial charge in [0.15, 0.2) is 0 Å². The molecule has 12 nitrogen and oxygen atoms in total. The molecule has 4 aromatic heterocycles. The number of pyridine rings is 2. The molecule has 2 atom stereocenters. The molecule has 2 N–H and O–H groups in total. The summed E-state index contributed by atoms with van der Waals surface area (Å²) in [5.41, 5.74) is 12.1. The molecule has 0 spiro atoms.